The number of rotatable bonds is 6. The van der Waals surface area contributed by atoms with Gasteiger partial charge in [0.1, 0.15) is 0 Å². The van der Waals surface area contributed by atoms with Gasteiger partial charge in [0.2, 0.25) is 0 Å². The van der Waals surface area contributed by atoms with Crippen LogP contribution in [0.5, 0.6) is 0 Å². The molecule has 0 fully saturated rings. The molecule has 1 radical (unpaired) electrons. The fraction of sp³-hybridized carbons (Fsp3) is 0.0625. The predicted molar refractivity (Wildman–Crippen MR) is 165 cm³/mol. The first kappa shape index (κ1) is 30.1. The minimum absolute atomic E-state index is 0. The van der Waals surface area contributed by atoms with Crippen molar-refractivity contribution in [2.24, 2.45) is 0 Å². The molecule has 0 atom stereocenters. The smallest absolute Gasteiger partial charge is 0.0905 e. The average molecular weight is 622 g/mol. The van der Waals surface area contributed by atoms with Gasteiger partial charge in [-0.15, -0.1) is 23.5 Å². The van der Waals surface area contributed by atoms with Gasteiger partial charge in [0.25, 0.3) is 0 Å². The minimum atomic E-state index is 0. The molecule has 0 saturated heterocycles. The number of aromatic nitrogens is 6. The van der Waals surface area contributed by atoms with E-state index in [2.05, 4.69) is 66.7 Å². The molecule has 6 aromatic rings. The van der Waals surface area contributed by atoms with Crippen LogP contribution in [0, 0.1) is 0 Å². The number of hydrogen-bond donors (Lipinski definition) is 0. The summed E-state index contributed by atoms with van der Waals surface area (Å²) in [5.41, 5.74) is 7.00. The monoisotopic (exact) mass is 621 g/mol. The van der Waals surface area contributed by atoms with Gasteiger partial charge in [-0.3, -0.25) is 19.9 Å². The quantitative estimate of drug-likeness (QED) is 0.137. The number of pyridine rings is 6. The Morgan fingerprint density at radius 1 is 0.390 bits per heavy atom. The molecule has 6 heterocycles. The van der Waals surface area contributed by atoms with Crippen molar-refractivity contribution in [2.75, 3.05) is 12.5 Å². The van der Waals surface area contributed by atoms with E-state index in [9.17, 15) is 0 Å². The van der Waals surface area contributed by atoms with Gasteiger partial charge in [0, 0.05) is 51.6 Å². The van der Waals surface area contributed by atoms with Crippen LogP contribution in [-0.4, -0.2) is 42.4 Å². The molecule has 0 bridgehead atoms. The first-order chi connectivity index (χ1) is 19.7. The Morgan fingerprint density at radius 3 is 0.854 bits per heavy atom. The van der Waals surface area contributed by atoms with Crippen LogP contribution in [0.2, 0.25) is 0 Å². The Balaban J connectivity index is 0.000000184. The third-order valence-corrected chi connectivity index (χ3v) is 7.19. The summed E-state index contributed by atoms with van der Waals surface area (Å²) < 4.78 is 0. The number of thioether (sulfide) groups is 2. The molecule has 6 aromatic heterocycles. The molecular weight excluding hydrogens is 596 g/mol. The largest absolute Gasteiger partial charge is 0.255 e. The van der Waals surface area contributed by atoms with Gasteiger partial charge < -0.3 is 0 Å². The van der Waals surface area contributed by atoms with Crippen molar-refractivity contribution in [1.29, 1.82) is 0 Å². The maximum atomic E-state index is 4.68. The Labute approximate surface area is 259 Å². The van der Waals surface area contributed by atoms with Crippen LogP contribution in [0.3, 0.4) is 0 Å². The van der Waals surface area contributed by atoms with Gasteiger partial charge in [-0.2, -0.15) is 0 Å². The molecule has 6 nitrogen and oxygen atoms in total. The fourth-order valence-corrected chi connectivity index (χ4v) is 4.75. The molecular formula is C32H26CuN6S2. The summed E-state index contributed by atoms with van der Waals surface area (Å²) in [7, 11) is 0. The summed E-state index contributed by atoms with van der Waals surface area (Å²) in [5.74, 6) is 0. The van der Waals surface area contributed by atoms with Crippen LogP contribution < -0.4 is 0 Å². The summed E-state index contributed by atoms with van der Waals surface area (Å²) in [6.07, 6.45) is 11.2. The van der Waals surface area contributed by atoms with Gasteiger partial charge >= 0.3 is 0 Å². The zero-order valence-electron chi connectivity index (χ0n) is 22.3. The molecule has 207 valence electrons. The third kappa shape index (κ3) is 8.08. The van der Waals surface area contributed by atoms with Gasteiger partial charge in [-0.05, 0) is 85.3 Å². The molecule has 0 aliphatic rings. The van der Waals surface area contributed by atoms with Crippen molar-refractivity contribution in [2.45, 2.75) is 9.79 Å². The summed E-state index contributed by atoms with van der Waals surface area (Å²) in [4.78, 5) is 29.1. The first-order valence-corrected chi connectivity index (χ1v) is 15.0. The zero-order chi connectivity index (χ0) is 27.6. The molecule has 0 saturated carbocycles. The second-order valence-corrected chi connectivity index (χ2v) is 10.2. The van der Waals surface area contributed by atoms with E-state index in [0.717, 1.165) is 55.3 Å². The van der Waals surface area contributed by atoms with E-state index < -0.39 is 0 Å². The van der Waals surface area contributed by atoms with E-state index >= 15 is 0 Å². The molecule has 0 amide bonds. The molecule has 9 heteroatoms. The van der Waals surface area contributed by atoms with Gasteiger partial charge in [-0.1, -0.05) is 24.3 Å². The Kier molecular flexibility index (Phi) is 11.2. The van der Waals surface area contributed by atoms with Crippen molar-refractivity contribution in [3.05, 3.63) is 122 Å². The summed E-state index contributed by atoms with van der Waals surface area (Å²) in [6.45, 7) is 0. The predicted octanol–water partition coefficient (Wildman–Crippen LogP) is 7.85. The molecule has 0 N–H and O–H groups in total. The first-order valence-electron chi connectivity index (χ1n) is 12.5. The maximum absolute atomic E-state index is 4.68. The normalized spacial score (nSPS) is 10.2. The standard InChI is InChI=1S/2C16H13N3S.Cu/c2*1-20-12-10-15(13-6-2-4-8-17-13)19-16(11-12)14-7-3-5-9-18-14;/h2*2-11H,1H3;. The molecule has 0 aliphatic heterocycles. The van der Waals surface area contributed by atoms with Crippen LogP contribution in [0.15, 0.2) is 132 Å². The maximum Gasteiger partial charge on any atom is 0.0905 e. The Hall–Kier alpha value is -3.88. The molecule has 0 unspecified atom stereocenters. The minimum Gasteiger partial charge on any atom is -0.255 e. The molecule has 0 aromatic carbocycles. The molecule has 41 heavy (non-hydrogen) atoms. The van der Waals surface area contributed by atoms with E-state index in [-0.39, 0.29) is 17.1 Å². The van der Waals surface area contributed by atoms with Crippen molar-refractivity contribution < 1.29 is 17.1 Å². The Morgan fingerprint density at radius 2 is 0.659 bits per heavy atom. The molecule has 0 spiro atoms. The van der Waals surface area contributed by atoms with Gasteiger partial charge in [0.05, 0.1) is 45.6 Å². The summed E-state index contributed by atoms with van der Waals surface area (Å²) in [5, 5.41) is 0. The van der Waals surface area contributed by atoms with E-state index in [1.807, 2.05) is 72.8 Å². The van der Waals surface area contributed by atoms with Crippen molar-refractivity contribution >= 4 is 23.5 Å². The van der Waals surface area contributed by atoms with Crippen LogP contribution >= 0.6 is 23.5 Å². The summed E-state index contributed by atoms with van der Waals surface area (Å²) >= 11 is 3.38. The fourth-order valence-electron chi connectivity index (χ4n) is 3.83. The topological polar surface area (TPSA) is 77.3 Å². The number of nitrogens with zero attached hydrogens (tertiary/aromatic N) is 6. The average Bonchev–Trinajstić information content (AvgIpc) is 3.06. The van der Waals surface area contributed by atoms with Crippen LogP contribution in [0.1, 0.15) is 0 Å². The molecule has 6 rings (SSSR count). The van der Waals surface area contributed by atoms with E-state index in [1.54, 1.807) is 48.3 Å². The zero-order valence-corrected chi connectivity index (χ0v) is 24.9. The summed E-state index contributed by atoms with van der Waals surface area (Å²) in [6, 6.07) is 31.6. The molecule has 0 aliphatic carbocycles. The van der Waals surface area contributed by atoms with Crippen LogP contribution in [0.25, 0.3) is 45.6 Å². The van der Waals surface area contributed by atoms with Crippen molar-refractivity contribution in [3.63, 3.8) is 0 Å². The van der Waals surface area contributed by atoms with Gasteiger partial charge in [-0.25, -0.2) is 9.97 Å². The van der Waals surface area contributed by atoms with E-state index in [1.165, 1.54) is 0 Å². The second-order valence-electron chi connectivity index (χ2n) is 8.41. The third-order valence-electron chi connectivity index (χ3n) is 5.78. The van der Waals surface area contributed by atoms with E-state index in [0.29, 0.717) is 0 Å². The second kappa shape index (κ2) is 15.2. The van der Waals surface area contributed by atoms with E-state index in [4.69, 9.17) is 0 Å². The van der Waals surface area contributed by atoms with Crippen LogP contribution in [-0.2, 0) is 17.1 Å². The van der Waals surface area contributed by atoms with Crippen LogP contribution in [0.4, 0.5) is 0 Å². The SMILES string of the molecule is CSc1cc(-c2ccccn2)nc(-c2ccccn2)c1.CSc1cc(-c2ccccn2)nc(-c2ccccn2)c1.[Cu]. The number of hydrogen-bond acceptors (Lipinski definition) is 8. The van der Waals surface area contributed by atoms with Crippen molar-refractivity contribution in [1.82, 2.24) is 29.9 Å². The Bertz CT molecular complexity index is 1420. The van der Waals surface area contributed by atoms with Gasteiger partial charge in [0.15, 0.2) is 0 Å². The van der Waals surface area contributed by atoms with Crippen molar-refractivity contribution in [3.8, 4) is 45.6 Å².